The molecule has 1 saturated heterocycles. The van der Waals surface area contributed by atoms with Gasteiger partial charge in [0.05, 0.1) is 11.1 Å². The summed E-state index contributed by atoms with van der Waals surface area (Å²) in [7, 11) is 0. The van der Waals surface area contributed by atoms with Crippen molar-refractivity contribution in [1.82, 2.24) is 5.32 Å². The molecule has 0 bridgehead atoms. The summed E-state index contributed by atoms with van der Waals surface area (Å²) in [5.41, 5.74) is -2.38. The number of rotatable bonds is 6. The van der Waals surface area contributed by atoms with Gasteiger partial charge in [0, 0.05) is 25.2 Å². The molecule has 1 fully saturated rings. The van der Waals surface area contributed by atoms with E-state index in [4.69, 9.17) is 9.47 Å². The Morgan fingerprint density at radius 2 is 1.50 bits per heavy atom. The van der Waals surface area contributed by atoms with E-state index in [9.17, 15) is 31.1 Å². The van der Waals surface area contributed by atoms with Crippen LogP contribution in [0.2, 0.25) is 0 Å². The molecular formula is C22H21F6NO3. The Hall–Kier alpha value is -2.75. The zero-order valence-corrected chi connectivity index (χ0v) is 16.9. The number of nitrogens with one attached hydrogen (secondary N) is 1. The molecule has 0 aliphatic carbocycles. The fourth-order valence-electron chi connectivity index (χ4n) is 3.60. The third-order valence-electron chi connectivity index (χ3n) is 5.39. The van der Waals surface area contributed by atoms with Crippen molar-refractivity contribution >= 4 is 5.91 Å². The molecule has 32 heavy (non-hydrogen) atoms. The van der Waals surface area contributed by atoms with E-state index in [1.165, 1.54) is 0 Å². The van der Waals surface area contributed by atoms with Gasteiger partial charge in [-0.3, -0.25) is 4.79 Å². The second-order valence-electron chi connectivity index (χ2n) is 7.57. The minimum Gasteiger partial charge on any atom is -0.484 e. The van der Waals surface area contributed by atoms with Crippen molar-refractivity contribution in [3.8, 4) is 5.75 Å². The molecule has 3 rings (SSSR count). The van der Waals surface area contributed by atoms with Gasteiger partial charge in [-0.1, -0.05) is 30.3 Å². The largest absolute Gasteiger partial charge is 0.484 e. The monoisotopic (exact) mass is 461 g/mol. The molecule has 1 amide bonds. The lowest BCUT2D eigenvalue weighted by Crippen LogP contribution is -2.45. The van der Waals surface area contributed by atoms with E-state index in [2.05, 4.69) is 5.32 Å². The number of amides is 1. The third kappa shape index (κ3) is 5.93. The van der Waals surface area contributed by atoms with Gasteiger partial charge in [0.15, 0.2) is 6.61 Å². The number of hydrogen-bond acceptors (Lipinski definition) is 3. The normalized spacial score (nSPS) is 16.4. The average molecular weight is 461 g/mol. The van der Waals surface area contributed by atoms with Crippen LogP contribution in [0.3, 0.4) is 0 Å². The van der Waals surface area contributed by atoms with Crippen molar-refractivity contribution in [1.29, 1.82) is 0 Å². The molecule has 2 aromatic carbocycles. The van der Waals surface area contributed by atoms with Crippen LogP contribution in [-0.4, -0.2) is 32.3 Å². The second kappa shape index (κ2) is 9.40. The molecule has 0 unspecified atom stereocenters. The van der Waals surface area contributed by atoms with Crippen LogP contribution in [0.5, 0.6) is 5.75 Å². The van der Waals surface area contributed by atoms with Crippen molar-refractivity contribution in [2.45, 2.75) is 30.6 Å². The van der Waals surface area contributed by atoms with Crippen molar-refractivity contribution in [3.05, 3.63) is 65.2 Å². The fraction of sp³-hybridized carbons (Fsp3) is 0.409. The lowest BCUT2D eigenvalue weighted by Gasteiger charge is -2.38. The minimum atomic E-state index is -4.99. The van der Waals surface area contributed by atoms with E-state index in [1.807, 2.05) is 30.3 Å². The molecule has 1 heterocycles. The SMILES string of the molecule is O=C(COc1cc(C(F)(F)F)cc(C(F)(F)F)c1)NCC1(c2ccccc2)CCOCC1. The number of carbonyl (C=O) groups excluding carboxylic acids is 1. The molecule has 4 nitrogen and oxygen atoms in total. The first-order chi connectivity index (χ1) is 15.0. The van der Waals surface area contributed by atoms with Gasteiger partial charge in [0.1, 0.15) is 5.75 Å². The van der Waals surface area contributed by atoms with Gasteiger partial charge in [0.25, 0.3) is 5.91 Å². The molecule has 0 saturated carbocycles. The van der Waals surface area contributed by atoms with Gasteiger partial charge in [-0.25, -0.2) is 0 Å². The molecule has 2 aromatic rings. The fourth-order valence-corrected chi connectivity index (χ4v) is 3.60. The molecule has 10 heteroatoms. The lowest BCUT2D eigenvalue weighted by molar-refractivity contribution is -0.143. The quantitative estimate of drug-likeness (QED) is 0.619. The van der Waals surface area contributed by atoms with Gasteiger partial charge in [0.2, 0.25) is 0 Å². The Labute approximate surface area is 180 Å². The van der Waals surface area contributed by atoms with Gasteiger partial charge >= 0.3 is 12.4 Å². The van der Waals surface area contributed by atoms with Crippen LogP contribution in [0.25, 0.3) is 0 Å². The second-order valence-corrected chi connectivity index (χ2v) is 7.57. The van der Waals surface area contributed by atoms with E-state index >= 15 is 0 Å². The number of benzene rings is 2. The lowest BCUT2D eigenvalue weighted by atomic mass is 9.74. The van der Waals surface area contributed by atoms with Crippen molar-refractivity contribution in [2.24, 2.45) is 0 Å². The maximum Gasteiger partial charge on any atom is 0.416 e. The Morgan fingerprint density at radius 3 is 2.03 bits per heavy atom. The van der Waals surface area contributed by atoms with Crippen molar-refractivity contribution in [3.63, 3.8) is 0 Å². The number of ether oxygens (including phenoxy) is 2. The third-order valence-corrected chi connectivity index (χ3v) is 5.39. The van der Waals surface area contributed by atoms with Crippen LogP contribution < -0.4 is 10.1 Å². The van der Waals surface area contributed by atoms with E-state index in [0.29, 0.717) is 38.2 Å². The molecule has 1 N–H and O–H groups in total. The van der Waals surface area contributed by atoms with E-state index in [-0.39, 0.29) is 18.0 Å². The maximum absolute atomic E-state index is 13.0. The number of halogens is 6. The standard InChI is InChI=1S/C22H21F6NO3/c23-21(24,25)16-10-17(22(26,27)28)12-18(11-16)32-13-19(30)29-14-20(6-8-31-9-7-20)15-4-2-1-3-5-15/h1-5,10-12H,6-9,13-14H2,(H,29,30). The van der Waals surface area contributed by atoms with Crippen LogP contribution in [0.4, 0.5) is 26.3 Å². The van der Waals surface area contributed by atoms with Gasteiger partial charge in [-0.2, -0.15) is 26.3 Å². The van der Waals surface area contributed by atoms with Crippen LogP contribution in [0, 0.1) is 0 Å². The molecule has 1 aliphatic rings. The Balaban J connectivity index is 1.68. The summed E-state index contributed by atoms with van der Waals surface area (Å²) in [4.78, 5) is 12.3. The molecule has 0 radical (unpaired) electrons. The molecule has 174 valence electrons. The number of hydrogen-bond donors (Lipinski definition) is 1. The summed E-state index contributed by atoms with van der Waals surface area (Å²) in [6.07, 6.45) is -8.68. The topological polar surface area (TPSA) is 47.6 Å². The highest BCUT2D eigenvalue weighted by atomic mass is 19.4. The van der Waals surface area contributed by atoms with Crippen LogP contribution in [0.1, 0.15) is 29.5 Å². The number of carbonyl (C=O) groups is 1. The van der Waals surface area contributed by atoms with Crippen LogP contribution in [0.15, 0.2) is 48.5 Å². The first-order valence-corrected chi connectivity index (χ1v) is 9.82. The summed E-state index contributed by atoms with van der Waals surface area (Å²) in [6.45, 7) is 0.524. The zero-order chi connectivity index (χ0) is 23.4. The Bertz CT molecular complexity index is 889. The number of alkyl halides is 6. The predicted octanol–water partition coefficient (Wildman–Crippen LogP) is 4.97. The summed E-state index contributed by atoms with van der Waals surface area (Å²) < 4.78 is 88.1. The minimum absolute atomic E-state index is 0.00168. The van der Waals surface area contributed by atoms with Gasteiger partial charge in [-0.05, 0) is 36.6 Å². The van der Waals surface area contributed by atoms with Gasteiger partial charge < -0.3 is 14.8 Å². The Kier molecular flexibility index (Phi) is 7.02. The molecule has 0 atom stereocenters. The zero-order valence-electron chi connectivity index (χ0n) is 16.9. The molecule has 0 spiro atoms. The molecular weight excluding hydrogens is 440 g/mol. The Morgan fingerprint density at radius 1 is 0.938 bits per heavy atom. The average Bonchev–Trinajstić information content (AvgIpc) is 2.76. The molecule has 0 aromatic heterocycles. The first-order valence-electron chi connectivity index (χ1n) is 9.82. The van der Waals surface area contributed by atoms with E-state index in [1.54, 1.807) is 0 Å². The maximum atomic E-state index is 13.0. The summed E-state index contributed by atoms with van der Waals surface area (Å²) >= 11 is 0. The van der Waals surface area contributed by atoms with Crippen LogP contribution in [-0.2, 0) is 27.3 Å². The summed E-state index contributed by atoms with van der Waals surface area (Å²) in [5, 5.41) is 2.69. The van der Waals surface area contributed by atoms with Crippen molar-refractivity contribution in [2.75, 3.05) is 26.4 Å². The van der Waals surface area contributed by atoms with Crippen molar-refractivity contribution < 1.29 is 40.6 Å². The highest BCUT2D eigenvalue weighted by Gasteiger charge is 2.37. The van der Waals surface area contributed by atoms with Gasteiger partial charge in [-0.15, -0.1) is 0 Å². The van der Waals surface area contributed by atoms with Crippen LogP contribution >= 0.6 is 0 Å². The summed E-state index contributed by atoms with van der Waals surface area (Å²) in [5.74, 6) is -1.34. The first kappa shape index (κ1) is 23.9. The highest BCUT2D eigenvalue weighted by Crippen LogP contribution is 2.38. The highest BCUT2D eigenvalue weighted by molar-refractivity contribution is 5.77. The predicted molar refractivity (Wildman–Crippen MR) is 103 cm³/mol. The van der Waals surface area contributed by atoms with E-state index in [0.717, 1.165) is 5.56 Å². The summed E-state index contributed by atoms with van der Waals surface area (Å²) in [6, 6.07) is 10.4. The smallest absolute Gasteiger partial charge is 0.416 e. The molecule has 1 aliphatic heterocycles. The van der Waals surface area contributed by atoms with E-state index < -0.39 is 41.7 Å².